The fourth-order valence-electron chi connectivity index (χ4n) is 3.14. The predicted molar refractivity (Wildman–Crippen MR) is 102 cm³/mol. The Morgan fingerprint density at radius 2 is 1.78 bits per heavy atom. The van der Waals surface area contributed by atoms with Gasteiger partial charge in [-0.1, -0.05) is 30.3 Å². The first-order valence-corrected chi connectivity index (χ1v) is 9.07. The molecule has 1 atom stereocenters. The predicted octanol–water partition coefficient (Wildman–Crippen LogP) is 0.838. The van der Waals surface area contributed by atoms with E-state index in [0.717, 1.165) is 19.6 Å². The molecule has 0 saturated carbocycles. The standard InChI is InChI=1S/C20H24N4O3/c1-15(22-19(26)17-7-8-18(25)21-13-17)20(27)24-11-9-23(10-12-24)14-16-5-3-2-4-6-16/h2-8,13,15H,9-12,14H2,1H3,(H,21,25)(H,22,26). The summed E-state index contributed by atoms with van der Waals surface area (Å²) in [7, 11) is 0. The molecule has 27 heavy (non-hydrogen) atoms. The lowest BCUT2D eigenvalue weighted by Gasteiger charge is -2.36. The van der Waals surface area contributed by atoms with Gasteiger partial charge in [-0.15, -0.1) is 0 Å². The van der Waals surface area contributed by atoms with Crippen LogP contribution in [0, 0.1) is 0 Å². The number of H-pyrrole nitrogens is 1. The SMILES string of the molecule is CC(NC(=O)c1ccc(=O)[nH]c1)C(=O)N1CCN(Cc2ccccc2)CC1. The number of aromatic amines is 1. The summed E-state index contributed by atoms with van der Waals surface area (Å²) in [5.74, 6) is -0.470. The van der Waals surface area contributed by atoms with Crippen molar-refractivity contribution >= 4 is 11.8 Å². The molecule has 2 amide bonds. The van der Waals surface area contributed by atoms with E-state index in [1.807, 2.05) is 18.2 Å². The third-order valence-electron chi connectivity index (χ3n) is 4.70. The molecule has 1 aliphatic rings. The Hall–Kier alpha value is -2.93. The summed E-state index contributed by atoms with van der Waals surface area (Å²) in [6, 6.07) is 12.4. The van der Waals surface area contributed by atoms with Gasteiger partial charge in [0.05, 0.1) is 5.56 Å². The van der Waals surface area contributed by atoms with E-state index in [4.69, 9.17) is 0 Å². The molecule has 7 nitrogen and oxygen atoms in total. The number of amides is 2. The number of pyridine rings is 1. The molecule has 0 spiro atoms. The van der Waals surface area contributed by atoms with E-state index in [-0.39, 0.29) is 17.4 Å². The minimum absolute atomic E-state index is 0.0906. The van der Waals surface area contributed by atoms with Gasteiger partial charge in [0, 0.05) is 45.0 Å². The minimum Gasteiger partial charge on any atom is -0.340 e. The maximum atomic E-state index is 12.6. The van der Waals surface area contributed by atoms with Crippen molar-refractivity contribution in [3.63, 3.8) is 0 Å². The third kappa shape index (κ3) is 5.04. The molecule has 142 valence electrons. The van der Waals surface area contributed by atoms with E-state index < -0.39 is 6.04 Å². The van der Waals surface area contributed by atoms with Crippen LogP contribution in [-0.2, 0) is 11.3 Å². The van der Waals surface area contributed by atoms with Gasteiger partial charge in [0.1, 0.15) is 6.04 Å². The number of hydrogen-bond acceptors (Lipinski definition) is 4. The van der Waals surface area contributed by atoms with Gasteiger partial charge in [0.25, 0.3) is 5.91 Å². The number of nitrogens with zero attached hydrogens (tertiary/aromatic N) is 2. The van der Waals surface area contributed by atoms with Crippen molar-refractivity contribution in [2.24, 2.45) is 0 Å². The van der Waals surface area contributed by atoms with Gasteiger partial charge in [-0.05, 0) is 18.6 Å². The first-order valence-electron chi connectivity index (χ1n) is 9.07. The van der Waals surface area contributed by atoms with E-state index in [2.05, 4.69) is 27.3 Å². The summed E-state index contributed by atoms with van der Waals surface area (Å²) >= 11 is 0. The van der Waals surface area contributed by atoms with Gasteiger partial charge >= 0.3 is 0 Å². The van der Waals surface area contributed by atoms with Crippen molar-refractivity contribution in [2.75, 3.05) is 26.2 Å². The second-order valence-electron chi connectivity index (χ2n) is 6.72. The molecule has 1 saturated heterocycles. The van der Waals surface area contributed by atoms with Crippen LogP contribution >= 0.6 is 0 Å². The molecule has 1 aromatic heterocycles. The van der Waals surface area contributed by atoms with Crippen LogP contribution in [0.3, 0.4) is 0 Å². The van der Waals surface area contributed by atoms with Crippen LogP contribution in [0.1, 0.15) is 22.8 Å². The van der Waals surface area contributed by atoms with Gasteiger partial charge in [-0.25, -0.2) is 0 Å². The van der Waals surface area contributed by atoms with Crippen molar-refractivity contribution in [1.29, 1.82) is 0 Å². The number of carbonyl (C=O) groups excluding carboxylic acids is 2. The highest BCUT2D eigenvalue weighted by Gasteiger charge is 2.26. The van der Waals surface area contributed by atoms with Crippen LogP contribution in [0.4, 0.5) is 0 Å². The maximum absolute atomic E-state index is 12.6. The summed E-state index contributed by atoms with van der Waals surface area (Å²) in [4.78, 5) is 42.5. The highest BCUT2D eigenvalue weighted by molar-refractivity contribution is 5.97. The summed E-state index contributed by atoms with van der Waals surface area (Å²) in [5, 5.41) is 2.70. The third-order valence-corrected chi connectivity index (χ3v) is 4.70. The lowest BCUT2D eigenvalue weighted by Crippen LogP contribution is -2.53. The lowest BCUT2D eigenvalue weighted by atomic mass is 10.2. The first kappa shape index (κ1) is 18.8. The maximum Gasteiger partial charge on any atom is 0.253 e. The van der Waals surface area contributed by atoms with E-state index in [1.54, 1.807) is 11.8 Å². The highest BCUT2D eigenvalue weighted by atomic mass is 16.2. The molecule has 0 bridgehead atoms. The fourth-order valence-corrected chi connectivity index (χ4v) is 3.14. The Labute approximate surface area is 158 Å². The summed E-state index contributed by atoms with van der Waals surface area (Å²) in [5.41, 5.74) is 1.31. The smallest absolute Gasteiger partial charge is 0.253 e. The Morgan fingerprint density at radius 1 is 1.07 bits per heavy atom. The quantitative estimate of drug-likeness (QED) is 0.819. The van der Waals surface area contributed by atoms with Crippen LogP contribution in [0.15, 0.2) is 53.5 Å². The van der Waals surface area contributed by atoms with E-state index >= 15 is 0 Å². The molecule has 2 aromatic rings. The van der Waals surface area contributed by atoms with Crippen LogP contribution in [0.2, 0.25) is 0 Å². The lowest BCUT2D eigenvalue weighted by molar-refractivity contribution is -0.134. The van der Waals surface area contributed by atoms with Gasteiger partial charge in [-0.2, -0.15) is 0 Å². The normalized spacial score (nSPS) is 16.0. The van der Waals surface area contributed by atoms with Crippen molar-refractivity contribution in [1.82, 2.24) is 20.1 Å². The Morgan fingerprint density at radius 3 is 2.41 bits per heavy atom. The zero-order valence-corrected chi connectivity index (χ0v) is 15.4. The Balaban J connectivity index is 1.48. The number of hydrogen-bond donors (Lipinski definition) is 2. The minimum atomic E-state index is -0.620. The van der Waals surface area contributed by atoms with Crippen molar-refractivity contribution in [3.8, 4) is 0 Å². The van der Waals surface area contributed by atoms with Crippen LogP contribution in [0.5, 0.6) is 0 Å². The van der Waals surface area contributed by atoms with E-state index in [1.165, 1.54) is 23.9 Å². The van der Waals surface area contributed by atoms with Crippen LogP contribution < -0.4 is 10.9 Å². The molecule has 0 radical (unpaired) electrons. The average molecular weight is 368 g/mol. The molecule has 3 rings (SSSR count). The van der Waals surface area contributed by atoms with Crippen LogP contribution in [0.25, 0.3) is 0 Å². The monoisotopic (exact) mass is 368 g/mol. The Bertz CT molecular complexity index is 821. The molecule has 1 aliphatic heterocycles. The van der Waals surface area contributed by atoms with Crippen molar-refractivity contribution in [2.45, 2.75) is 19.5 Å². The number of rotatable bonds is 5. The van der Waals surface area contributed by atoms with Gasteiger partial charge < -0.3 is 15.2 Å². The largest absolute Gasteiger partial charge is 0.340 e. The zero-order chi connectivity index (χ0) is 19.2. The molecule has 1 fully saturated rings. The number of carbonyl (C=O) groups is 2. The van der Waals surface area contributed by atoms with Crippen molar-refractivity contribution in [3.05, 3.63) is 70.1 Å². The highest BCUT2D eigenvalue weighted by Crippen LogP contribution is 2.09. The van der Waals surface area contributed by atoms with E-state index in [0.29, 0.717) is 18.7 Å². The van der Waals surface area contributed by atoms with E-state index in [9.17, 15) is 14.4 Å². The molecule has 0 aliphatic carbocycles. The summed E-state index contributed by atoms with van der Waals surface area (Å²) in [6.07, 6.45) is 1.34. The van der Waals surface area contributed by atoms with Gasteiger partial charge in [0.2, 0.25) is 11.5 Å². The van der Waals surface area contributed by atoms with Crippen molar-refractivity contribution < 1.29 is 9.59 Å². The molecule has 1 unspecified atom stereocenters. The number of benzene rings is 1. The number of nitrogens with one attached hydrogen (secondary N) is 2. The van der Waals surface area contributed by atoms with Gasteiger partial charge in [0.15, 0.2) is 0 Å². The molecular formula is C20H24N4O3. The zero-order valence-electron chi connectivity index (χ0n) is 15.4. The molecule has 2 N–H and O–H groups in total. The number of aromatic nitrogens is 1. The number of piperazine rings is 1. The molecule has 7 heteroatoms. The fraction of sp³-hybridized carbons (Fsp3) is 0.350. The topological polar surface area (TPSA) is 85.5 Å². The molecule has 1 aromatic carbocycles. The summed E-state index contributed by atoms with van der Waals surface area (Å²) < 4.78 is 0. The molecule has 2 heterocycles. The molecular weight excluding hydrogens is 344 g/mol. The van der Waals surface area contributed by atoms with Gasteiger partial charge in [-0.3, -0.25) is 19.3 Å². The average Bonchev–Trinajstić information content (AvgIpc) is 2.69. The second kappa shape index (κ2) is 8.64. The first-order chi connectivity index (χ1) is 13.0. The summed E-state index contributed by atoms with van der Waals surface area (Å²) in [6.45, 7) is 5.46. The van der Waals surface area contributed by atoms with Crippen LogP contribution in [-0.4, -0.2) is 58.8 Å². The second-order valence-corrected chi connectivity index (χ2v) is 6.72. The Kier molecular flexibility index (Phi) is 6.03.